The maximum absolute atomic E-state index is 5.73. The van der Waals surface area contributed by atoms with Crippen LogP contribution in [0, 0.1) is 12.3 Å². The number of hydrogen-bond acceptors (Lipinski definition) is 4. The third-order valence-corrected chi connectivity index (χ3v) is 2.49. The summed E-state index contributed by atoms with van der Waals surface area (Å²) in [6.45, 7) is 6.20. The minimum atomic E-state index is -0.380. The minimum absolute atomic E-state index is 0.0448. The summed E-state index contributed by atoms with van der Waals surface area (Å²) in [4.78, 5) is 0.898. The average Bonchev–Trinajstić information content (AvgIpc) is 2.49. The Bertz CT molecular complexity index is 329. The fourth-order valence-corrected chi connectivity index (χ4v) is 1.82. The summed E-state index contributed by atoms with van der Waals surface area (Å²) in [7, 11) is 0. The van der Waals surface area contributed by atoms with Crippen LogP contribution in [0.1, 0.15) is 37.4 Å². The van der Waals surface area contributed by atoms with E-state index in [1.54, 1.807) is 0 Å². The highest BCUT2D eigenvalue weighted by Crippen LogP contribution is 2.28. The smallest absolute Gasteiger partial charge is 0.105 e. The molecule has 0 bridgehead atoms. The van der Waals surface area contributed by atoms with Gasteiger partial charge in [0.25, 0.3) is 0 Å². The van der Waals surface area contributed by atoms with E-state index in [-0.39, 0.29) is 11.5 Å². The normalized spacial score (nSPS) is 13.8. The topological polar surface area (TPSA) is 51.8 Å². The lowest BCUT2D eigenvalue weighted by Gasteiger charge is -2.17. The quantitative estimate of drug-likeness (QED) is 0.690. The van der Waals surface area contributed by atoms with Crippen molar-refractivity contribution in [2.45, 2.75) is 32.2 Å². The Morgan fingerprint density at radius 3 is 2.62 bits per heavy atom. The average molecular weight is 195 g/mol. The van der Waals surface area contributed by atoms with E-state index in [0.717, 1.165) is 10.6 Å². The van der Waals surface area contributed by atoms with Crippen molar-refractivity contribution in [1.29, 1.82) is 0 Å². The Balaban J connectivity index is 3.12. The van der Waals surface area contributed by atoms with Crippen molar-refractivity contribution < 1.29 is 0 Å². The molecule has 3 nitrogen and oxygen atoms in total. The van der Waals surface area contributed by atoms with Crippen LogP contribution < -0.4 is 5.73 Å². The molecule has 0 saturated carbocycles. The Morgan fingerprint density at radius 2 is 2.15 bits per heavy atom. The van der Waals surface area contributed by atoms with Crippen molar-refractivity contribution in [3.63, 3.8) is 0 Å². The van der Waals surface area contributed by atoms with E-state index in [0.29, 0.717) is 0 Å². The molecule has 0 amide bonds. The summed E-state index contributed by atoms with van der Waals surface area (Å²) in [6, 6.07) is -0.380. The van der Waals surface area contributed by atoms with Gasteiger partial charge in [0.15, 0.2) is 0 Å². The molecule has 0 spiro atoms. The fourth-order valence-electron chi connectivity index (χ4n) is 0.997. The first kappa shape index (κ1) is 10.2. The molecular formula is C9H13N3S. The molecule has 0 aliphatic carbocycles. The zero-order chi connectivity index (χ0) is 10.1. The summed E-state index contributed by atoms with van der Waals surface area (Å²) in [6.07, 6.45) is 5.25. The van der Waals surface area contributed by atoms with E-state index in [4.69, 9.17) is 12.2 Å². The van der Waals surface area contributed by atoms with Crippen LogP contribution in [0.4, 0.5) is 0 Å². The second kappa shape index (κ2) is 3.44. The predicted octanol–water partition coefficient (Wildman–Crippen LogP) is 1.47. The van der Waals surface area contributed by atoms with Gasteiger partial charge < -0.3 is 5.73 Å². The Labute approximate surface area is 82.5 Å². The van der Waals surface area contributed by atoms with E-state index >= 15 is 0 Å². The molecule has 0 radical (unpaired) electrons. The number of aromatic nitrogens is 2. The summed E-state index contributed by atoms with van der Waals surface area (Å²) >= 11 is 1.28. The molecule has 13 heavy (non-hydrogen) atoms. The molecule has 1 heterocycles. The monoisotopic (exact) mass is 195 g/mol. The Morgan fingerprint density at radius 1 is 1.54 bits per heavy atom. The molecule has 1 aromatic rings. The molecular weight excluding hydrogens is 182 g/mol. The van der Waals surface area contributed by atoms with Crippen molar-refractivity contribution in [2.75, 3.05) is 0 Å². The molecule has 0 aromatic carbocycles. The number of rotatable bonds is 1. The van der Waals surface area contributed by atoms with Crippen LogP contribution >= 0.6 is 11.5 Å². The first-order chi connectivity index (χ1) is 5.96. The number of nitrogens with zero attached hydrogens (tertiary/aromatic N) is 2. The second-order valence-electron chi connectivity index (χ2n) is 3.88. The zero-order valence-electron chi connectivity index (χ0n) is 8.03. The van der Waals surface area contributed by atoms with Crippen LogP contribution in [0.15, 0.2) is 0 Å². The lowest BCUT2D eigenvalue weighted by atomic mass is 9.90. The van der Waals surface area contributed by atoms with Crippen molar-refractivity contribution in [3.05, 3.63) is 10.6 Å². The zero-order valence-corrected chi connectivity index (χ0v) is 8.85. The van der Waals surface area contributed by atoms with E-state index < -0.39 is 0 Å². The highest BCUT2D eigenvalue weighted by molar-refractivity contribution is 7.05. The van der Waals surface area contributed by atoms with Crippen molar-refractivity contribution in [1.82, 2.24) is 9.59 Å². The van der Waals surface area contributed by atoms with Crippen molar-refractivity contribution >= 4 is 11.5 Å². The van der Waals surface area contributed by atoms with Gasteiger partial charge in [0.05, 0.1) is 10.6 Å². The first-order valence-corrected chi connectivity index (χ1v) is 4.78. The van der Waals surface area contributed by atoms with Gasteiger partial charge in [-0.3, -0.25) is 0 Å². The molecule has 1 unspecified atom stereocenters. The van der Waals surface area contributed by atoms with E-state index in [1.807, 2.05) is 0 Å². The van der Waals surface area contributed by atoms with Crippen LogP contribution in [-0.4, -0.2) is 9.59 Å². The number of terminal acetylenes is 1. The van der Waals surface area contributed by atoms with E-state index in [2.05, 4.69) is 36.3 Å². The lowest BCUT2D eigenvalue weighted by Crippen LogP contribution is -2.18. The molecule has 0 saturated heterocycles. The summed E-state index contributed by atoms with van der Waals surface area (Å²) in [5.74, 6) is 2.49. The molecule has 0 aliphatic rings. The predicted molar refractivity (Wildman–Crippen MR) is 54.4 cm³/mol. The first-order valence-electron chi connectivity index (χ1n) is 4.01. The SMILES string of the molecule is C#CC(N)c1snnc1C(C)(C)C. The van der Waals surface area contributed by atoms with Gasteiger partial charge in [-0.25, -0.2) is 0 Å². The van der Waals surface area contributed by atoms with Crippen molar-refractivity contribution in [2.24, 2.45) is 5.73 Å². The van der Waals surface area contributed by atoms with Crippen LogP contribution in [0.5, 0.6) is 0 Å². The second-order valence-corrected chi connectivity index (χ2v) is 4.67. The molecule has 0 fully saturated rings. The van der Waals surface area contributed by atoms with Crippen LogP contribution in [0.25, 0.3) is 0 Å². The highest BCUT2D eigenvalue weighted by atomic mass is 32.1. The van der Waals surface area contributed by atoms with Gasteiger partial charge in [0.1, 0.15) is 6.04 Å². The fraction of sp³-hybridized carbons (Fsp3) is 0.556. The third-order valence-electron chi connectivity index (χ3n) is 1.69. The standard InChI is InChI=1S/C9H13N3S/c1-5-6(10)7-8(9(2,3)4)11-12-13-7/h1,6H,10H2,2-4H3. The third kappa shape index (κ3) is 2.06. The van der Waals surface area contributed by atoms with Crippen molar-refractivity contribution in [3.8, 4) is 12.3 Å². The van der Waals surface area contributed by atoms with Gasteiger partial charge in [-0.2, -0.15) is 0 Å². The largest absolute Gasteiger partial charge is 0.313 e. The Hall–Kier alpha value is -0.920. The maximum Gasteiger partial charge on any atom is 0.105 e. The van der Waals surface area contributed by atoms with Crippen LogP contribution in [0.2, 0.25) is 0 Å². The van der Waals surface area contributed by atoms with Gasteiger partial charge in [-0.15, -0.1) is 11.5 Å². The maximum atomic E-state index is 5.73. The Kier molecular flexibility index (Phi) is 2.69. The summed E-state index contributed by atoms with van der Waals surface area (Å²) < 4.78 is 3.87. The molecule has 4 heteroatoms. The van der Waals surface area contributed by atoms with Crippen LogP contribution in [-0.2, 0) is 5.41 Å². The van der Waals surface area contributed by atoms with Gasteiger partial charge in [-0.1, -0.05) is 31.2 Å². The molecule has 70 valence electrons. The summed E-state index contributed by atoms with van der Waals surface area (Å²) in [5.41, 5.74) is 6.59. The minimum Gasteiger partial charge on any atom is -0.313 e. The molecule has 2 N–H and O–H groups in total. The van der Waals surface area contributed by atoms with E-state index in [1.165, 1.54) is 11.5 Å². The number of nitrogens with two attached hydrogens (primary N) is 1. The van der Waals surface area contributed by atoms with Gasteiger partial charge in [-0.05, 0) is 11.5 Å². The van der Waals surface area contributed by atoms with Gasteiger partial charge in [0, 0.05) is 5.41 Å². The molecule has 1 rings (SSSR count). The molecule has 0 aliphatic heterocycles. The summed E-state index contributed by atoms with van der Waals surface area (Å²) in [5, 5.41) is 4.05. The molecule has 1 aromatic heterocycles. The number of hydrogen-bond donors (Lipinski definition) is 1. The molecule has 1 atom stereocenters. The van der Waals surface area contributed by atoms with Gasteiger partial charge >= 0.3 is 0 Å². The van der Waals surface area contributed by atoms with E-state index in [9.17, 15) is 0 Å². The van der Waals surface area contributed by atoms with Crippen LogP contribution in [0.3, 0.4) is 0 Å². The lowest BCUT2D eigenvalue weighted by molar-refractivity contribution is 0.558. The van der Waals surface area contributed by atoms with Gasteiger partial charge in [0.2, 0.25) is 0 Å². The highest BCUT2D eigenvalue weighted by Gasteiger charge is 2.24.